The molecule has 4 heteroatoms. The highest BCUT2D eigenvalue weighted by atomic mass is 16.5. The molecule has 2 aromatic rings. The second-order valence-corrected chi connectivity index (χ2v) is 6.57. The van der Waals surface area contributed by atoms with Crippen molar-refractivity contribution in [1.82, 2.24) is 4.90 Å². The molecule has 4 nitrogen and oxygen atoms in total. The molecule has 4 rings (SSSR count). The monoisotopic (exact) mass is 349 g/mol. The lowest BCUT2D eigenvalue weighted by molar-refractivity contribution is -0.139. The standard InChI is InChI=1S/C22H23NO3/c1-2-25-22(24)18-13-14-20-23(21(18)17-11-7-4-8-12-17)19(15-26-20)16-9-5-3-6-10-16/h3-12,19-20H,2,13-15H2,1H3/t19-,20+/m1/s1. The molecule has 2 atom stereocenters. The zero-order valence-corrected chi connectivity index (χ0v) is 14.9. The van der Waals surface area contributed by atoms with Crippen molar-refractivity contribution in [1.29, 1.82) is 0 Å². The van der Waals surface area contributed by atoms with Crippen LogP contribution in [0, 0.1) is 0 Å². The van der Waals surface area contributed by atoms with Crippen molar-refractivity contribution >= 4 is 11.7 Å². The first-order valence-electron chi connectivity index (χ1n) is 9.20. The average Bonchev–Trinajstić information content (AvgIpc) is 3.13. The molecule has 0 saturated carbocycles. The van der Waals surface area contributed by atoms with Crippen LogP contribution in [0.25, 0.3) is 5.70 Å². The number of rotatable bonds is 4. The quantitative estimate of drug-likeness (QED) is 0.777. The zero-order chi connectivity index (χ0) is 17.9. The smallest absolute Gasteiger partial charge is 0.336 e. The Kier molecular flexibility index (Phi) is 4.76. The fourth-order valence-corrected chi connectivity index (χ4v) is 3.90. The van der Waals surface area contributed by atoms with E-state index >= 15 is 0 Å². The van der Waals surface area contributed by atoms with E-state index in [1.165, 1.54) is 5.56 Å². The first kappa shape index (κ1) is 16.9. The molecule has 0 spiro atoms. The second kappa shape index (κ2) is 7.34. The SMILES string of the molecule is CCOC(=O)C1=C(c2ccccc2)N2[C@H](CC1)OC[C@@H]2c1ccccc1. The van der Waals surface area contributed by atoms with Gasteiger partial charge in [-0.05, 0) is 30.9 Å². The molecule has 134 valence electrons. The summed E-state index contributed by atoms with van der Waals surface area (Å²) < 4.78 is 11.5. The number of nitrogens with zero attached hydrogens (tertiary/aromatic N) is 1. The fraction of sp³-hybridized carbons (Fsp3) is 0.318. The second-order valence-electron chi connectivity index (χ2n) is 6.57. The maximum absolute atomic E-state index is 12.7. The van der Waals surface area contributed by atoms with Crippen LogP contribution in [-0.2, 0) is 14.3 Å². The van der Waals surface area contributed by atoms with Gasteiger partial charge in [-0.1, -0.05) is 60.7 Å². The van der Waals surface area contributed by atoms with E-state index in [9.17, 15) is 4.79 Å². The van der Waals surface area contributed by atoms with E-state index in [4.69, 9.17) is 9.47 Å². The number of carbonyl (C=O) groups is 1. The van der Waals surface area contributed by atoms with Crippen LogP contribution in [0.2, 0.25) is 0 Å². The van der Waals surface area contributed by atoms with Gasteiger partial charge in [-0.25, -0.2) is 4.79 Å². The van der Waals surface area contributed by atoms with Gasteiger partial charge in [0, 0.05) is 0 Å². The van der Waals surface area contributed by atoms with Crippen LogP contribution in [0.3, 0.4) is 0 Å². The molecule has 0 aromatic heterocycles. The summed E-state index contributed by atoms with van der Waals surface area (Å²) in [6.45, 7) is 2.85. The number of ether oxygens (including phenoxy) is 2. The molecule has 2 heterocycles. The number of benzene rings is 2. The average molecular weight is 349 g/mol. The lowest BCUT2D eigenvalue weighted by Crippen LogP contribution is -2.36. The van der Waals surface area contributed by atoms with E-state index in [1.54, 1.807) is 0 Å². The van der Waals surface area contributed by atoms with Crippen LogP contribution in [-0.4, -0.2) is 30.3 Å². The highest BCUT2D eigenvalue weighted by Gasteiger charge is 2.42. The van der Waals surface area contributed by atoms with Gasteiger partial charge in [0.15, 0.2) is 0 Å². The molecule has 2 aliphatic rings. The van der Waals surface area contributed by atoms with Crippen LogP contribution in [0.1, 0.15) is 36.9 Å². The molecular weight excluding hydrogens is 326 g/mol. The fourth-order valence-electron chi connectivity index (χ4n) is 3.90. The molecule has 26 heavy (non-hydrogen) atoms. The Hall–Kier alpha value is -2.59. The Morgan fingerprint density at radius 2 is 1.81 bits per heavy atom. The van der Waals surface area contributed by atoms with Crippen molar-refractivity contribution in [3.8, 4) is 0 Å². The first-order chi connectivity index (χ1) is 12.8. The predicted octanol–water partition coefficient (Wildman–Crippen LogP) is 4.15. The summed E-state index contributed by atoms with van der Waals surface area (Å²) in [7, 11) is 0. The Morgan fingerprint density at radius 3 is 2.50 bits per heavy atom. The maximum atomic E-state index is 12.7. The Bertz CT molecular complexity index is 801. The van der Waals surface area contributed by atoms with E-state index in [0.29, 0.717) is 19.6 Å². The third-order valence-corrected chi connectivity index (χ3v) is 5.03. The molecule has 0 radical (unpaired) electrons. The maximum Gasteiger partial charge on any atom is 0.336 e. The Labute approximate surface area is 154 Å². The minimum absolute atomic E-state index is 0.00594. The van der Waals surface area contributed by atoms with Gasteiger partial charge in [0.25, 0.3) is 0 Å². The normalized spacial score (nSPS) is 22.3. The van der Waals surface area contributed by atoms with Crippen LogP contribution >= 0.6 is 0 Å². The van der Waals surface area contributed by atoms with Gasteiger partial charge in [-0.15, -0.1) is 0 Å². The summed E-state index contributed by atoms with van der Waals surface area (Å²) in [5, 5.41) is 0. The van der Waals surface area contributed by atoms with E-state index in [1.807, 2.05) is 43.3 Å². The molecule has 0 unspecified atom stereocenters. The van der Waals surface area contributed by atoms with E-state index in [0.717, 1.165) is 23.3 Å². The number of hydrogen-bond donors (Lipinski definition) is 0. The lowest BCUT2D eigenvalue weighted by Gasteiger charge is -2.37. The summed E-state index contributed by atoms with van der Waals surface area (Å²) >= 11 is 0. The minimum atomic E-state index is -0.219. The van der Waals surface area contributed by atoms with E-state index < -0.39 is 0 Å². The minimum Gasteiger partial charge on any atom is -0.463 e. The van der Waals surface area contributed by atoms with Gasteiger partial charge in [0.05, 0.1) is 30.5 Å². The van der Waals surface area contributed by atoms with Crippen LogP contribution in [0.5, 0.6) is 0 Å². The lowest BCUT2D eigenvalue weighted by atomic mass is 9.94. The zero-order valence-electron chi connectivity index (χ0n) is 14.9. The summed E-state index contributed by atoms with van der Waals surface area (Å²) in [5.41, 5.74) is 3.94. The van der Waals surface area contributed by atoms with Crippen LogP contribution in [0.4, 0.5) is 0 Å². The van der Waals surface area contributed by atoms with Crippen molar-refractivity contribution in [2.75, 3.05) is 13.2 Å². The van der Waals surface area contributed by atoms with Gasteiger partial charge in [0.2, 0.25) is 0 Å². The number of hydrogen-bond acceptors (Lipinski definition) is 4. The molecule has 0 bridgehead atoms. The summed E-state index contributed by atoms with van der Waals surface area (Å²) in [4.78, 5) is 14.9. The van der Waals surface area contributed by atoms with Crippen molar-refractivity contribution < 1.29 is 14.3 Å². The molecule has 1 fully saturated rings. The van der Waals surface area contributed by atoms with Gasteiger partial charge >= 0.3 is 5.97 Å². The Morgan fingerprint density at radius 1 is 1.12 bits per heavy atom. The van der Waals surface area contributed by atoms with Gasteiger partial charge in [-0.3, -0.25) is 0 Å². The first-order valence-corrected chi connectivity index (χ1v) is 9.20. The van der Waals surface area contributed by atoms with E-state index in [2.05, 4.69) is 29.2 Å². The number of esters is 1. The Balaban J connectivity index is 1.83. The third kappa shape index (κ3) is 3.01. The van der Waals surface area contributed by atoms with Crippen molar-refractivity contribution in [2.45, 2.75) is 32.0 Å². The van der Waals surface area contributed by atoms with E-state index in [-0.39, 0.29) is 18.2 Å². The molecule has 2 aromatic carbocycles. The van der Waals surface area contributed by atoms with Gasteiger partial charge in [-0.2, -0.15) is 0 Å². The summed E-state index contributed by atoms with van der Waals surface area (Å²) in [5.74, 6) is -0.219. The largest absolute Gasteiger partial charge is 0.463 e. The summed E-state index contributed by atoms with van der Waals surface area (Å²) in [6.07, 6.45) is 1.47. The molecule has 1 saturated heterocycles. The van der Waals surface area contributed by atoms with Crippen LogP contribution < -0.4 is 0 Å². The molecule has 0 amide bonds. The predicted molar refractivity (Wildman–Crippen MR) is 100.0 cm³/mol. The van der Waals surface area contributed by atoms with Crippen molar-refractivity contribution in [3.05, 3.63) is 77.4 Å². The van der Waals surface area contributed by atoms with Gasteiger partial charge in [0.1, 0.15) is 6.23 Å². The van der Waals surface area contributed by atoms with Crippen LogP contribution in [0.15, 0.2) is 66.2 Å². The van der Waals surface area contributed by atoms with Crippen molar-refractivity contribution in [2.24, 2.45) is 0 Å². The third-order valence-electron chi connectivity index (χ3n) is 5.03. The van der Waals surface area contributed by atoms with Gasteiger partial charge < -0.3 is 14.4 Å². The highest BCUT2D eigenvalue weighted by Crippen LogP contribution is 2.44. The van der Waals surface area contributed by atoms with Crippen molar-refractivity contribution in [3.63, 3.8) is 0 Å². The molecule has 0 aliphatic carbocycles. The highest BCUT2D eigenvalue weighted by molar-refractivity contribution is 5.97. The molecular formula is C22H23NO3. The number of fused-ring (bicyclic) bond motifs is 1. The summed E-state index contributed by atoms with van der Waals surface area (Å²) in [6, 6.07) is 20.6. The number of carbonyl (C=O) groups excluding carboxylic acids is 1. The molecule has 0 N–H and O–H groups in total. The topological polar surface area (TPSA) is 38.8 Å². The molecule has 2 aliphatic heterocycles.